The standard InChI is InChI=1S/C12H20N4S/c1-4-6-7-8-16-11-10(13-12(16)17)9(5-2)14-15(11)3/h4-8H2,1-3H3,(H,13,17). The molecule has 0 radical (unpaired) electrons. The van der Waals surface area contributed by atoms with Gasteiger partial charge in [0.15, 0.2) is 10.4 Å². The van der Waals surface area contributed by atoms with Gasteiger partial charge in [-0.05, 0) is 25.1 Å². The highest BCUT2D eigenvalue weighted by molar-refractivity contribution is 7.71. The molecule has 2 rings (SSSR count). The maximum absolute atomic E-state index is 5.39. The number of H-pyrrole nitrogens is 1. The van der Waals surface area contributed by atoms with E-state index in [2.05, 4.69) is 28.5 Å². The van der Waals surface area contributed by atoms with E-state index in [0.717, 1.165) is 34.6 Å². The van der Waals surface area contributed by atoms with E-state index >= 15 is 0 Å². The third kappa shape index (κ3) is 2.16. The van der Waals surface area contributed by atoms with Crippen molar-refractivity contribution in [3.63, 3.8) is 0 Å². The van der Waals surface area contributed by atoms with Crippen LogP contribution in [0.5, 0.6) is 0 Å². The van der Waals surface area contributed by atoms with Crippen LogP contribution in [0.2, 0.25) is 0 Å². The predicted octanol–water partition coefficient (Wildman–Crippen LogP) is 3.18. The van der Waals surface area contributed by atoms with Crippen LogP contribution in [-0.4, -0.2) is 19.3 Å². The molecule has 4 nitrogen and oxygen atoms in total. The Bertz CT molecular complexity index is 561. The predicted molar refractivity (Wildman–Crippen MR) is 72.8 cm³/mol. The van der Waals surface area contributed by atoms with Crippen molar-refractivity contribution in [2.45, 2.75) is 46.1 Å². The lowest BCUT2D eigenvalue weighted by Crippen LogP contribution is -2.03. The van der Waals surface area contributed by atoms with Crippen molar-refractivity contribution < 1.29 is 0 Å². The number of unbranched alkanes of at least 4 members (excludes halogenated alkanes) is 2. The lowest BCUT2D eigenvalue weighted by atomic mass is 10.2. The van der Waals surface area contributed by atoms with Crippen molar-refractivity contribution in [1.29, 1.82) is 0 Å². The molecule has 1 N–H and O–H groups in total. The van der Waals surface area contributed by atoms with Gasteiger partial charge < -0.3 is 9.55 Å². The van der Waals surface area contributed by atoms with Crippen molar-refractivity contribution in [1.82, 2.24) is 19.3 Å². The quantitative estimate of drug-likeness (QED) is 0.655. The summed E-state index contributed by atoms with van der Waals surface area (Å²) in [5, 5.41) is 4.52. The largest absolute Gasteiger partial charge is 0.328 e. The SMILES string of the molecule is CCCCCn1c(=S)[nH]c2c(CC)nn(C)c21. The Morgan fingerprint density at radius 2 is 2.06 bits per heavy atom. The molecule has 94 valence electrons. The van der Waals surface area contributed by atoms with E-state index in [1.165, 1.54) is 19.3 Å². The number of nitrogens with one attached hydrogen (secondary N) is 1. The first-order chi connectivity index (χ1) is 8.19. The van der Waals surface area contributed by atoms with Gasteiger partial charge in [0.05, 0.1) is 5.69 Å². The van der Waals surface area contributed by atoms with Crippen molar-refractivity contribution >= 4 is 23.4 Å². The second kappa shape index (κ2) is 5.04. The third-order valence-corrected chi connectivity index (χ3v) is 3.46. The molecule has 0 aromatic carbocycles. The van der Waals surface area contributed by atoms with Gasteiger partial charge >= 0.3 is 0 Å². The first kappa shape index (κ1) is 12.4. The van der Waals surface area contributed by atoms with Gasteiger partial charge in [0, 0.05) is 13.6 Å². The van der Waals surface area contributed by atoms with Gasteiger partial charge in [-0.15, -0.1) is 0 Å². The van der Waals surface area contributed by atoms with Crippen LogP contribution in [0.3, 0.4) is 0 Å². The molecule has 0 aliphatic heterocycles. The third-order valence-electron chi connectivity index (χ3n) is 3.14. The zero-order valence-electron chi connectivity index (χ0n) is 10.8. The zero-order valence-corrected chi connectivity index (χ0v) is 11.6. The summed E-state index contributed by atoms with van der Waals surface area (Å²) in [6, 6.07) is 0. The second-order valence-corrected chi connectivity index (χ2v) is 4.80. The molecular formula is C12H20N4S. The molecule has 5 heteroatoms. The van der Waals surface area contributed by atoms with Gasteiger partial charge in [-0.2, -0.15) is 5.10 Å². The van der Waals surface area contributed by atoms with Gasteiger partial charge in [-0.25, -0.2) is 0 Å². The van der Waals surface area contributed by atoms with Crippen LogP contribution in [0.4, 0.5) is 0 Å². The van der Waals surface area contributed by atoms with Gasteiger partial charge in [-0.1, -0.05) is 26.7 Å². The Morgan fingerprint density at radius 3 is 2.71 bits per heavy atom. The number of rotatable bonds is 5. The average Bonchev–Trinajstić information content (AvgIpc) is 2.78. The molecule has 2 aromatic heterocycles. The Balaban J connectivity index is 2.44. The van der Waals surface area contributed by atoms with Crippen LogP contribution in [-0.2, 0) is 20.0 Å². The highest BCUT2D eigenvalue weighted by Gasteiger charge is 2.13. The molecular weight excluding hydrogens is 232 g/mol. The molecule has 0 aliphatic rings. The highest BCUT2D eigenvalue weighted by Crippen LogP contribution is 2.18. The maximum Gasteiger partial charge on any atom is 0.179 e. The van der Waals surface area contributed by atoms with E-state index in [9.17, 15) is 0 Å². The van der Waals surface area contributed by atoms with Crippen LogP contribution in [0, 0.1) is 4.77 Å². The number of nitrogens with zero attached hydrogens (tertiary/aromatic N) is 3. The van der Waals surface area contributed by atoms with Crippen LogP contribution >= 0.6 is 12.2 Å². The number of aromatic nitrogens is 4. The Hall–Kier alpha value is -1.10. The summed E-state index contributed by atoms with van der Waals surface area (Å²) in [7, 11) is 1.99. The Labute approximate surface area is 107 Å². The first-order valence-electron chi connectivity index (χ1n) is 6.33. The van der Waals surface area contributed by atoms with E-state index < -0.39 is 0 Å². The summed E-state index contributed by atoms with van der Waals surface area (Å²) in [5.74, 6) is 0. The topological polar surface area (TPSA) is 38.5 Å². The minimum atomic E-state index is 0.818. The average molecular weight is 252 g/mol. The zero-order chi connectivity index (χ0) is 12.4. The van der Waals surface area contributed by atoms with Crippen LogP contribution in [0.15, 0.2) is 0 Å². The summed E-state index contributed by atoms with van der Waals surface area (Å²) >= 11 is 5.39. The minimum absolute atomic E-state index is 0.818. The van der Waals surface area contributed by atoms with E-state index in [4.69, 9.17) is 12.2 Å². The molecule has 0 amide bonds. The second-order valence-electron chi connectivity index (χ2n) is 4.41. The fourth-order valence-electron chi connectivity index (χ4n) is 2.25. The van der Waals surface area contributed by atoms with Crippen molar-refractivity contribution in [2.24, 2.45) is 7.05 Å². The van der Waals surface area contributed by atoms with Crippen LogP contribution in [0.25, 0.3) is 11.2 Å². The van der Waals surface area contributed by atoms with Gasteiger partial charge in [0.2, 0.25) is 0 Å². The highest BCUT2D eigenvalue weighted by atomic mass is 32.1. The molecule has 0 atom stereocenters. The maximum atomic E-state index is 5.39. The molecule has 0 fully saturated rings. The lowest BCUT2D eigenvalue weighted by Gasteiger charge is -2.03. The Kier molecular flexibility index (Phi) is 3.66. The fraction of sp³-hybridized carbons (Fsp3) is 0.667. The fourth-order valence-corrected chi connectivity index (χ4v) is 2.53. The van der Waals surface area contributed by atoms with E-state index in [0.29, 0.717) is 0 Å². The number of fused-ring (bicyclic) bond motifs is 1. The minimum Gasteiger partial charge on any atom is -0.328 e. The lowest BCUT2D eigenvalue weighted by molar-refractivity contribution is 0.593. The number of hydrogen-bond acceptors (Lipinski definition) is 2. The molecule has 0 bridgehead atoms. The normalized spacial score (nSPS) is 11.5. The molecule has 17 heavy (non-hydrogen) atoms. The summed E-state index contributed by atoms with van der Waals surface area (Å²) in [4.78, 5) is 3.29. The monoisotopic (exact) mass is 252 g/mol. The summed E-state index contributed by atoms with van der Waals surface area (Å²) < 4.78 is 4.93. The number of imidazole rings is 1. The smallest absolute Gasteiger partial charge is 0.179 e. The molecule has 0 aliphatic carbocycles. The van der Waals surface area contributed by atoms with E-state index in [-0.39, 0.29) is 0 Å². The van der Waals surface area contributed by atoms with E-state index in [1.807, 2.05) is 11.7 Å². The summed E-state index contributed by atoms with van der Waals surface area (Å²) in [6.45, 7) is 5.31. The number of aromatic amines is 1. The molecule has 2 aromatic rings. The molecule has 0 saturated heterocycles. The number of aryl methyl sites for hydroxylation is 3. The molecule has 0 saturated carbocycles. The van der Waals surface area contributed by atoms with Crippen molar-refractivity contribution in [2.75, 3.05) is 0 Å². The Morgan fingerprint density at radius 1 is 1.29 bits per heavy atom. The van der Waals surface area contributed by atoms with Crippen LogP contribution in [0.1, 0.15) is 38.8 Å². The van der Waals surface area contributed by atoms with Gasteiger partial charge in [0.25, 0.3) is 0 Å². The first-order valence-corrected chi connectivity index (χ1v) is 6.74. The molecule has 2 heterocycles. The van der Waals surface area contributed by atoms with E-state index in [1.54, 1.807) is 0 Å². The van der Waals surface area contributed by atoms with Crippen LogP contribution < -0.4 is 0 Å². The number of hydrogen-bond donors (Lipinski definition) is 1. The van der Waals surface area contributed by atoms with Gasteiger partial charge in [0.1, 0.15) is 5.52 Å². The molecule has 0 unspecified atom stereocenters. The summed E-state index contributed by atoms with van der Waals surface area (Å²) in [5.41, 5.74) is 3.34. The van der Waals surface area contributed by atoms with Crippen molar-refractivity contribution in [3.8, 4) is 0 Å². The summed E-state index contributed by atoms with van der Waals surface area (Å²) in [6.07, 6.45) is 4.57. The molecule has 0 spiro atoms. The van der Waals surface area contributed by atoms with Gasteiger partial charge in [-0.3, -0.25) is 4.68 Å². The van der Waals surface area contributed by atoms with Crippen molar-refractivity contribution in [3.05, 3.63) is 10.5 Å².